The molecule has 2 aromatic carbocycles. The predicted octanol–water partition coefficient (Wildman–Crippen LogP) is 4.20. The maximum Gasteiger partial charge on any atom is 0.347 e. The summed E-state index contributed by atoms with van der Waals surface area (Å²) in [5.41, 5.74) is 0.815. The van der Waals surface area contributed by atoms with Gasteiger partial charge in [0.15, 0.2) is 6.10 Å². The lowest BCUT2D eigenvalue weighted by atomic mass is 10.2. The Morgan fingerprint density at radius 2 is 1.78 bits per heavy atom. The van der Waals surface area contributed by atoms with Crippen molar-refractivity contribution in [3.8, 4) is 5.75 Å². The highest BCUT2D eigenvalue weighted by atomic mass is 35.5. The fourth-order valence-electron chi connectivity index (χ4n) is 2.07. The normalized spacial score (nSPS) is 11.6. The van der Waals surface area contributed by atoms with E-state index >= 15 is 0 Å². The Hall–Kier alpha value is -2.28. The van der Waals surface area contributed by atoms with Crippen molar-refractivity contribution in [1.29, 1.82) is 0 Å². The van der Waals surface area contributed by atoms with Crippen LogP contribution in [0.1, 0.15) is 17.3 Å². The van der Waals surface area contributed by atoms with Gasteiger partial charge in [-0.25, -0.2) is 4.79 Å². The van der Waals surface area contributed by atoms with Gasteiger partial charge in [0.05, 0.1) is 17.3 Å². The van der Waals surface area contributed by atoms with E-state index in [-0.39, 0.29) is 12.5 Å². The van der Waals surface area contributed by atoms with Gasteiger partial charge in [0, 0.05) is 17.7 Å². The van der Waals surface area contributed by atoms with Gasteiger partial charge in [-0.05, 0) is 49.4 Å². The van der Waals surface area contributed by atoms with E-state index in [1.807, 2.05) is 0 Å². The first-order chi connectivity index (χ1) is 12.9. The summed E-state index contributed by atoms with van der Waals surface area (Å²) in [6.07, 6.45) is -0.785. The van der Waals surface area contributed by atoms with E-state index in [4.69, 9.17) is 37.4 Å². The lowest BCUT2D eigenvalue weighted by Gasteiger charge is -2.14. The Kier molecular flexibility index (Phi) is 7.91. The third kappa shape index (κ3) is 6.43. The second-order valence-electron chi connectivity index (χ2n) is 5.52. The molecule has 0 aliphatic rings. The molecule has 0 aliphatic heterocycles. The lowest BCUT2D eigenvalue weighted by molar-refractivity contribution is -0.152. The van der Waals surface area contributed by atoms with Crippen molar-refractivity contribution >= 4 is 40.8 Å². The van der Waals surface area contributed by atoms with E-state index < -0.39 is 12.1 Å². The molecule has 0 fully saturated rings. The van der Waals surface area contributed by atoms with Gasteiger partial charge in [-0.2, -0.15) is 0 Å². The molecule has 2 rings (SSSR count). The number of amides is 1. The lowest BCUT2D eigenvalue weighted by Crippen LogP contribution is -2.27. The monoisotopic (exact) mass is 411 g/mol. The SMILES string of the molecule is COCCOC(=O)[C@@H](C)Oc1ccc(C(=O)Nc2cc(Cl)ccc2Cl)cc1. The average molecular weight is 412 g/mol. The zero-order valence-corrected chi connectivity index (χ0v) is 16.3. The van der Waals surface area contributed by atoms with Gasteiger partial charge in [-0.1, -0.05) is 23.2 Å². The summed E-state index contributed by atoms with van der Waals surface area (Å²) in [6, 6.07) is 11.1. The largest absolute Gasteiger partial charge is 0.479 e. The molecule has 1 amide bonds. The second kappa shape index (κ2) is 10.2. The number of carbonyl (C=O) groups excluding carboxylic acids is 2. The number of halogens is 2. The third-order valence-electron chi connectivity index (χ3n) is 3.47. The number of rotatable bonds is 8. The maximum atomic E-state index is 12.3. The molecule has 0 saturated carbocycles. The summed E-state index contributed by atoms with van der Waals surface area (Å²) < 4.78 is 15.3. The van der Waals surface area contributed by atoms with Crippen molar-refractivity contribution in [3.63, 3.8) is 0 Å². The summed E-state index contributed by atoms with van der Waals surface area (Å²) >= 11 is 12.0. The third-order valence-corrected chi connectivity index (χ3v) is 4.03. The van der Waals surface area contributed by atoms with E-state index in [1.54, 1.807) is 49.4 Å². The number of methoxy groups -OCH3 is 1. The van der Waals surface area contributed by atoms with E-state index in [0.717, 1.165) is 0 Å². The minimum atomic E-state index is -0.785. The molecule has 1 atom stereocenters. The summed E-state index contributed by atoms with van der Waals surface area (Å²) in [6.45, 7) is 2.06. The Balaban J connectivity index is 1.95. The summed E-state index contributed by atoms with van der Waals surface area (Å²) in [7, 11) is 1.52. The highest BCUT2D eigenvalue weighted by molar-refractivity contribution is 6.35. The van der Waals surface area contributed by atoms with Crippen LogP contribution in [0, 0.1) is 0 Å². The molecule has 27 heavy (non-hydrogen) atoms. The molecule has 1 N–H and O–H groups in total. The Morgan fingerprint density at radius 3 is 2.44 bits per heavy atom. The van der Waals surface area contributed by atoms with E-state index in [9.17, 15) is 9.59 Å². The van der Waals surface area contributed by atoms with Crippen LogP contribution in [0.15, 0.2) is 42.5 Å². The van der Waals surface area contributed by atoms with Crippen LogP contribution in [0.3, 0.4) is 0 Å². The molecule has 144 valence electrons. The smallest absolute Gasteiger partial charge is 0.347 e. The minimum absolute atomic E-state index is 0.161. The topological polar surface area (TPSA) is 73.9 Å². The van der Waals surface area contributed by atoms with Crippen LogP contribution >= 0.6 is 23.2 Å². The number of esters is 1. The van der Waals surface area contributed by atoms with E-state index in [1.165, 1.54) is 7.11 Å². The van der Waals surface area contributed by atoms with E-state index in [2.05, 4.69) is 5.32 Å². The van der Waals surface area contributed by atoms with Gasteiger partial charge in [-0.3, -0.25) is 4.79 Å². The number of carbonyl (C=O) groups is 2. The number of ether oxygens (including phenoxy) is 3. The molecule has 0 bridgehead atoms. The fourth-order valence-corrected chi connectivity index (χ4v) is 2.40. The molecule has 0 unspecified atom stereocenters. The Bertz CT molecular complexity index is 795. The molecule has 6 nitrogen and oxygen atoms in total. The fraction of sp³-hybridized carbons (Fsp3) is 0.263. The Labute approximate surface area is 167 Å². The van der Waals surface area contributed by atoms with Crippen molar-refractivity contribution < 1.29 is 23.8 Å². The first kappa shape index (κ1) is 21.0. The van der Waals surface area contributed by atoms with Gasteiger partial charge in [0.1, 0.15) is 12.4 Å². The first-order valence-corrected chi connectivity index (χ1v) is 8.85. The summed E-state index contributed by atoms with van der Waals surface area (Å²) in [4.78, 5) is 24.1. The highest BCUT2D eigenvalue weighted by Gasteiger charge is 2.16. The molecule has 0 aromatic heterocycles. The number of anilines is 1. The molecule has 2 aromatic rings. The van der Waals surface area contributed by atoms with Crippen molar-refractivity contribution in [2.24, 2.45) is 0 Å². The van der Waals surface area contributed by atoms with Crippen LogP contribution in [-0.4, -0.2) is 38.3 Å². The van der Waals surface area contributed by atoms with Crippen molar-refractivity contribution in [2.75, 3.05) is 25.6 Å². The minimum Gasteiger partial charge on any atom is -0.479 e. The maximum absolute atomic E-state index is 12.3. The second-order valence-corrected chi connectivity index (χ2v) is 6.37. The van der Waals surface area contributed by atoms with Crippen molar-refractivity contribution in [3.05, 3.63) is 58.1 Å². The average Bonchev–Trinajstić information content (AvgIpc) is 2.65. The van der Waals surface area contributed by atoms with Gasteiger partial charge in [-0.15, -0.1) is 0 Å². The predicted molar refractivity (Wildman–Crippen MR) is 104 cm³/mol. The number of hydrogen-bond donors (Lipinski definition) is 1. The van der Waals surface area contributed by atoms with E-state index in [0.29, 0.717) is 33.7 Å². The van der Waals surface area contributed by atoms with Gasteiger partial charge in [0.2, 0.25) is 0 Å². The van der Waals surface area contributed by atoms with Gasteiger partial charge >= 0.3 is 5.97 Å². The molecule has 0 aliphatic carbocycles. The quantitative estimate of drug-likeness (QED) is 0.520. The molecular weight excluding hydrogens is 393 g/mol. The molecular formula is C19H19Cl2NO5. The van der Waals surface area contributed by atoms with Crippen LogP contribution in [0.25, 0.3) is 0 Å². The van der Waals surface area contributed by atoms with Gasteiger partial charge < -0.3 is 19.5 Å². The van der Waals surface area contributed by atoms with Crippen molar-refractivity contribution in [2.45, 2.75) is 13.0 Å². The van der Waals surface area contributed by atoms with Crippen LogP contribution in [0.5, 0.6) is 5.75 Å². The first-order valence-electron chi connectivity index (χ1n) is 8.09. The molecule has 8 heteroatoms. The molecule has 0 saturated heterocycles. The number of nitrogens with one attached hydrogen (secondary N) is 1. The molecule has 0 spiro atoms. The number of hydrogen-bond acceptors (Lipinski definition) is 5. The standard InChI is InChI=1S/C19H19Cl2NO5/c1-12(19(24)26-10-9-25-2)27-15-6-3-13(4-7-15)18(23)22-17-11-14(20)5-8-16(17)21/h3-8,11-12H,9-10H2,1-2H3,(H,22,23)/t12-/m1/s1. The highest BCUT2D eigenvalue weighted by Crippen LogP contribution is 2.26. The summed E-state index contributed by atoms with van der Waals surface area (Å²) in [5, 5.41) is 3.54. The Morgan fingerprint density at radius 1 is 1.07 bits per heavy atom. The summed E-state index contributed by atoms with van der Waals surface area (Å²) in [5.74, 6) is -0.411. The van der Waals surface area contributed by atoms with Crippen LogP contribution in [0.4, 0.5) is 5.69 Å². The number of benzene rings is 2. The van der Waals surface area contributed by atoms with Gasteiger partial charge in [0.25, 0.3) is 5.91 Å². The zero-order chi connectivity index (χ0) is 19.8. The van der Waals surface area contributed by atoms with Crippen LogP contribution in [0.2, 0.25) is 10.0 Å². The zero-order valence-electron chi connectivity index (χ0n) is 14.8. The molecule has 0 radical (unpaired) electrons. The van der Waals surface area contributed by atoms with Crippen LogP contribution < -0.4 is 10.1 Å². The van der Waals surface area contributed by atoms with Crippen molar-refractivity contribution in [1.82, 2.24) is 0 Å². The van der Waals surface area contributed by atoms with Crippen LogP contribution in [-0.2, 0) is 14.3 Å². The molecule has 0 heterocycles.